The molecule has 0 aliphatic carbocycles. The first-order valence-electron chi connectivity index (χ1n) is 25.7. The number of benzene rings is 8. The maximum atomic E-state index is 6.90. The van der Waals surface area contributed by atoms with Crippen LogP contribution in [0.4, 0.5) is 39.8 Å². The van der Waals surface area contributed by atoms with Gasteiger partial charge in [-0.2, -0.15) is 0 Å². The smallest absolute Gasteiger partial charge is 0.246 e. The summed E-state index contributed by atoms with van der Waals surface area (Å²) in [6, 6.07) is 71.0. The van der Waals surface area contributed by atoms with Crippen LogP contribution >= 0.6 is 0 Å². The zero-order chi connectivity index (χ0) is 50.4. The van der Waals surface area contributed by atoms with Crippen LogP contribution in [0.1, 0.15) is 79.0 Å². The number of nitrogens with zero attached hydrogens (tertiary/aromatic N) is 5. The Bertz CT molecular complexity index is 3700. The molecule has 0 fully saturated rings. The van der Waals surface area contributed by atoms with Crippen LogP contribution < -0.4 is 35.8 Å². The first-order chi connectivity index (χ1) is 35.1. The Labute approximate surface area is 431 Å². The third kappa shape index (κ3) is 8.21. The minimum atomic E-state index is -0.0350. The van der Waals surface area contributed by atoms with Gasteiger partial charge in [0.25, 0.3) is 0 Å². The van der Waals surface area contributed by atoms with Crippen LogP contribution in [0.3, 0.4) is 0 Å². The van der Waals surface area contributed by atoms with Gasteiger partial charge in [0, 0.05) is 57.5 Å². The average Bonchev–Trinajstić information content (AvgIpc) is 3.92. The summed E-state index contributed by atoms with van der Waals surface area (Å²) in [5.41, 5.74) is 17.9. The summed E-state index contributed by atoms with van der Waals surface area (Å²) in [7, 11) is 0. The minimum Gasteiger partial charge on any atom is -0.457 e. The lowest BCUT2D eigenvalue weighted by molar-refractivity contribution is 0.483. The van der Waals surface area contributed by atoms with E-state index in [9.17, 15) is 0 Å². The first-order valence-corrected chi connectivity index (χ1v) is 25.7. The van der Waals surface area contributed by atoms with E-state index in [1.807, 2.05) is 6.20 Å². The van der Waals surface area contributed by atoms with Crippen molar-refractivity contribution in [2.75, 3.05) is 21.4 Å². The van der Waals surface area contributed by atoms with E-state index in [-0.39, 0.29) is 23.0 Å². The van der Waals surface area contributed by atoms with E-state index in [0.29, 0.717) is 6.67 Å². The van der Waals surface area contributed by atoms with Gasteiger partial charge in [-0.15, -0.1) is 0 Å². The van der Waals surface area contributed by atoms with E-state index in [4.69, 9.17) is 9.72 Å². The van der Waals surface area contributed by atoms with Crippen LogP contribution in [0.2, 0.25) is 0 Å². The van der Waals surface area contributed by atoms with Crippen LogP contribution in [0, 0.1) is 0 Å². The highest BCUT2D eigenvalue weighted by Gasteiger charge is 2.40. The van der Waals surface area contributed by atoms with Crippen molar-refractivity contribution in [2.24, 2.45) is 0 Å². The molecule has 0 saturated carbocycles. The second-order valence-electron chi connectivity index (χ2n) is 23.0. The molecule has 6 nitrogen and oxygen atoms in total. The quantitative estimate of drug-likeness (QED) is 0.149. The fraction of sp³-hybridized carbons (Fsp3) is 0.197. The Kier molecular flexibility index (Phi) is 10.9. The van der Waals surface area contributed by atoms with E-state index >= 15 is 0 Å². The van der Waals surface area contributed by atoms with Crippen molar-refractivity contribution < 1.29 is 4.74 Å². The number of aromatic nitrogens is 2. The summed E-state index contributed by atoms with van der Waals surface area (Å²) < 4.78 is 9.18. The lowest BCUT2D eigenvalue weighted by Gasteiger charge is -2.38. The molecular formula is C66H62BN5O. The van der Waals surface area contributed by atoms with Crippen molar-refractivity contribution in [2.45, 2.75) is 78.6 Å². The zero-order valence-electron chi connectivity index (χ0n) is 43.5. The van der Waals surface area contributed by atoms with Gasteiger partial charge in [0.05, 0.1) is 22.4 Å². The maximum Gasteiger partial charge on any atom is 0.246 e. The van der Waals surface area contributed by atoms with Gasteiger partial charge in [0.15, 0.2) is 0 Å². The molecule has 0 atom stereocenters. The highest BCUT2D eigenvalue weighted by Crippen LogP contribution is 2.49. The molecule has 0 spiro atoms. The molecule has 0 saturated heterocycles. The summed E-state index contributed by atoms with van der Waals surface area (Å²) in [6.07, 6.45) is 1.93. The Morgan fingerprint density at radius 3 is 1.75 bits per heavy atom. The SMILES string of the molecule is CC(C)(C)c1cc(B2c3ccccc3N(c3ccccc3)c3cc4c(cc32)N(c2ccccc2)CN4c2cccc(Oc3ccc4c5ccccc5n(-c5cc(C(C)(C)C)ccn5)c4c3)c2)cc(C(C)(C)C)c1. The van der Waals surface area contributed by atoms with Crippen LogP contribution in [0.15, 0.2) is 200 Å². The number of hydrogen-bond acceptors (Lipinski definition) is 5. The van der Waals surface area contributed by atoms with Crippen LogP contribution in [0.25, 0.3) is 27.6 Å². The fourth-order valence-corrected chi connectivity index (χ4v) is 11.0. The van der Waals surface area contributed by atoms with Gasteiger partial charge in [-0.05, 0) is 129 Å². The van der Waals surface area contributed by atoms with Gasteiger partial charge in [-0.25, -0.2) is 4.98 Å². The highest BCUT2D eigenvalue weighted by atomic mass is 16.5. The minimum absolute atomic E-state index is 0.0162. The van der Waals surface area contributed by atoms with Crippen molar-refractivity contribution in [3.63, 3.8) is 0 Å². The molecule has 4 heterocycles. The number of pyridine rings is 1. The van der Waals surface area contributed by atoms with E-state index in [0.717, 1.165) is 56.5 Å². The molecule has 10 aromatic rings. The normalized spacial score (nSPS) is 13.7. The molecule has 8 aromatic carbocycles. The number of anilines is 7. The molecule has 2 aliphatic rings. The van der Waals surface area contributed by atoms with Gasteiger partial charge < -0.3 is 19.4 Å². The highest BCUT2D eigenvalue weighted by molar-refractivity contribution is 6.98. The Hall–Kier alpha value is -8.03. The molecule has 0 radical (unpaired) electrons. The Balaban J connectivity index is 1.01. The lowest BCUT2D eigenvalue weighted by atomic mass is 9.34. The molecule has 360 valence electrons. The number of hydrogen-bond donors (Lipinski definition) is 0. The second-order valence-corrected chi connectivity index (χ2v) is 23.0. The predicted octanol–water partition coefficient (Wildman–Crippen LogP) is 15.4. The average molecular weight is 952 g/mol. The van der Waals surface area contributed by atoms with E-state index in [1.165, 1.54) is 55.5 Å². The van der Waals surface area contributed by atoms with Gasteiger partial charge in [0.1, 0.15) is 24.0 Å². The third-order valence-electron chi connectivity index (χ3n) is 15.0. The number of fused-ring (bicyclic) bond motifs is 6. The number of para-hydroxylation sites is 4. The first kappa shape index (κ1) is 46.1. The summed E-state index contributed by atoms with van der Waals surface area (Å²) >= 11 is 0. The Morgan fingerprint density at radius 2 is 1.03 bits per heavy atom. The Morgan fingerprint density at radius 1 is 0.425 bits per heavy atom. The summed E-state index contributed by atoms with van der Waals surface area (Å²) in [5, 5.41) is 2.34. The zero-order valence-corrected chi connectivity index (χ0v) is 43.5. The molecule has 2 aromatic heterocycles. The van der Waals surface area contributed by atoms with E-state index < -0.39 is 0 Å². The van der Waals surface area contributed by atoms with Gasteiger partial charge in [-0.3, -0.25) is 4.57 Å². The van der Waals surface area contributed by atoms with E-state index in [1.54, 1.807) is 0 Å². The van der Waals surface area contributed by atoms with Crippen molar-refractivity contribution in [3.05, 3.63) is 217 Å². The van der Waals surface area contributed by atoms with Gasteiger partial charge in [0.2, 0.25) is 6.71 Å². The monoisotopic (exact) mass is 952 g/mol. The summed E-state index contributed by atoms with van der Waals surface area (Å²) in [6.45, 7) is 21.4. The number of rotatable bonds is 7. The second kappa shape index (κ2) is 17.3. The van der Waals surface area contributed by atoms with Gasteiger partial charge >= 0.3 is 0 Å². The van der Waals surface area contributed by atoms with E-state index in [2.05, 4.69) is 276 Å². The van der Waals surface area contributed by atoms with Crippen LogP contribution in [-0.2, 0) is 16.2 Å². The molecule has 73 heavy (non-hydrogen) atoms. The molecule has 12 rings (SSSR count). The summed E-state index contributed by atoms with van der Waals surface area (Å²) in [5.74, 6) is 2.42. The van der Waals surface area contributed by atoms with Crippen molar-refractivity contribution in [1.82, 2.24) is 9.55 Å². The topological polar surface area (TPSA) is 36.8 Å². The van der Waals surface area contributed by atoms with Crippen molar-refractivity contribution in [1.29, 1.82) is 0 Å². The van der Waals surface area contributed by atoms with Crippen LogP contribution in [-0.4, -0.2) is 22.9 Å². The summed E-state index contributed by atoms with van der Waals surface area (Å²) in [4.78, 5) is 12.3. The predicted molar refractivity (Wildman–Crippen MR) is 309 cm³/mol. The largest absolute Gasteiger partial charge is 0.457 e. The lowest BCUT2D eigenvalue weighted by Crippen LogP contribution is -2.57. The molecule has 0 bridgehead atoms. The molecule has 7 heteroatoms. The molecular weight excluding hydrogens is 890 g/mol. The molecule has 2 aliphatic heterocycles. The van der Waals surface area contributed by atoms with Crippen molar-refractivity contribution >= 4 is 84.7 Å². The number of ether oxygens (including phenoxy) is 1. The fourth-order valence-electron chi connectivity index (χ4n) is 11.0. The molecule has 0 amide bonds. The van der Waals surface area contributed by atoms with Crippen molar-refractivity contribution in [3.8, 4) is 17.3 Å². The molecule has 0 N–H and O–H groups in total. The third-order valence-corrected chi connectivity index (χ3v) is 15.0. The molecule has 0 unspecified atom stereocenters. The maximum absolute atomic E-state index is 6.90. The standard InChI is InChI=1S/C66H62BN5O/c1-64(2,3)44-33-34-68-63(38-44)72-57-29-18-16-27-53(57)54-32-31-52(40-59(54)72)73-51-26-20-25-50(39-51)70-43-69(48-21-12-10-13-22-48)61-41-56-60(42-62(61)70)71(49-23-14-11-15-24-49)58-30-19-17-28-55(58)67(56)47-36-45(65(4,5)6)35-46(37-47)66(7,8)9/h10-42H,43H2,1-9H3. The van der Waals surface area contributed by atoms with Crippen LogP contribution in [0.5, 0.6) is 11.5 Å². The van der Waals surface area contributed by atoms with Gasteiger partial charge in [-0.1, -0.05) is 165 Å².